The number of esters is 1. The molecule has 0 aromatic rings. The molecule has 0 unspecified atom stereocenters. The third-order valence-corrected chi connectivity index (χ3v) is 12.6. The first-order valence-corrected chi connectivity index (χ1v) is 23.1. The van der Waals surface area contributed by atoms with Crippen molar-refractivity contribution in [1.82, 2.24) is 5.48 Å². The Labute approximate surface area is 392 Å². The Morgan fingerprint density at radius 2 is 1.34 bits per heavy atom. The smallest absolute Gasteiger partial charge is 0.308 e. The first-order valence-electron chi connectivity index (χ1n) is 23.1. The van der Waals surface area contributed by atoms with Gasteiger partial charge in [-0.2, -0.15) is 0 Å². The third kappa shape index (κ3) is 18.7. The number of cyclic esters (lactones) is 1. The van der Waals surface area contributed by atoms with Gasteiger partial charge in [0.15, 0.2) is 12.1 Å². The van der Waals surface area contributed by atoms with Crippen molar-refractivity contribution in [2.75, 3.05) is 0 Å². The van der Waals surface area contributed by atoms with E-state index in [1.807, 2.05) is 43.4 Å². The summed E-state index contributed by atoms with van der Waals surface area (Å²) in [6.07, 6.45) is 3.13. The minimum Gasteiger partial charge on any atom is -0.459 e. The number of nitrogens with one attached hydrogen (secondary N) is 1. The molecule has 0 aromatic heterocycles. The fourth-order valence-corrected chi connectivity index (χ4v) is 8.26. The molecule has 2 fully saturated rings. The minimum absolute atomic E-state index is 0.203. The molecule has 0 radical (unpaired) electrons. The van der Waals surface area contributed by atoms with Gasteiger partial charge in [-0.1, -0.05) is 86.8 Å². The average molecular weight is 953 g/mol. The van der Waals surface area contributed by atoms with Gasteiger partial charge in [-0.25, -0.2) is 5.48 Å². The maximum atomic E-state index is 12.9. The SMILES string of the molecule is C[C@@H]1[C@H](O)[C@@H](C)/C=C/CC/C=C/C=C/C=C/C=C/C=C/[C@H](O[C@@H]2O[C@H](C)[C@@H](O)[C@H](N)[C@@H]2O)C[C@@H]2O[C@](O)(C[C@@H](O)[C@H](O)CC[C@@H](O)CC(=O)C[C@@H](O)CC(=O)OC1(C)C)C[C@H](O)[C@H]2C(=O)NO. The molecule has 0 spiro atoms. The van der Waals surface area contributed by atoms with E-state index < -0.39 is 152 Å². The number of carbonyl (C=O) groups excluding carboxylic acids is 3. The van der Waals surface area contributed by atoms with E-state index in [0.29, 0.717) is 6.42 Å². The van der Waals surface area contributed by atoms with Gasteiger partial charge in [0.2, 0.25) is 0 Å². The number of hydroxylamine groups is 1. The summed E-state index contributed by atoms with van der Waals surface area (Å²) in [5.41, 5.74) is 6.40. The maximum Gasteiger partial charge on any atom is 0.308 e. The summed E-state index contributed by atoms with van der Waals surface area (Å²) < 4.78 is 23.4. The lowest BCUT2D eigenvalue weighted by Gasteiger charge is -2.46. The number of ether oxygens (including phenoxy) is 4. The van der Waals surface area contributed by atoms with Crippen molar-refractivity contribution in [2.24, 2.45) is 23.5 Å². The van der Waals surface area contributed by atoms with E-state index in [9.17, 15) is 65.5 Å². The number of allylic oxidation sites excluding steroid dienone is 10. The maximum absolute atomic E-state index is 12.9. The number of hydrogen-bond donors (Lipinski definition) is 12. The van der Waals surface area contributed by atoms with Gasteiger partial charge in [0, 0.05) is 43.9 Å². The lowest BCUT2D eigenvalue weighted by Crippen LogP contribution is -2.62. The Morgan fingerprint density at radius 3 is 2.00 bits per heavy atom. The van der Waals surface area contributed by atoms with Gasteiger partial charge in [0.1, 0.15) is 17.5 Å². The van der Waals surface area contributed by atoms with Crippen molar-refractivity contribution < 1.29 is 84.5 Å². The first kappa shape index (κ1) is 57.8. The second-order valence-electron chi connectivity index (χ2n) is 18.6. The minimum atomic E-state index is -2.37. The lowest BCUT2D eigenvalue weighted by molar-refractivity contribution is -0.309. The molecule has 13 N–H and O–H groups in total. The van der Waals surface area contributed by atoms with Crippen LogP contribution >= 0.6 is 0 Å². The van der Waals surface area contributed by atoms with Gasteiger partial charge in [-0.15, -0.1) is 0 Å². The van der Waals surface area contributed by atoms with Crippen LogP contribution in [0.3, 0.4) is 0 Å². The van der Waals surface area contributed by atoms with Crippen molar-refractivity contribution >= 4 is 17.7 Å². The largest absolute Gasteiger partial charge is 0.459 e. The van der Waals surface area contributed by atoms with Crippen LogP contribution in [0.4, 0.5) is 0 Å². The van der Waals surface area contributed by atoms with Crippen LogP contribution in [-0.4, -0.2) is 160 Å². The summed E-state index contributed by atoms with van der Waals surface area (Å²) in [4.78, 5) is 38.5. The lowest BCUT2D eigenvalue weighted by atomic mass is 9.82. The summed E-state index contributed by atoms with van der Waals surface area (Å²) in [5.74, 6) is -7.07. The van der Waals surface area contributed by atoms with Crippen molar-refractivity contribution in [3.63, 3.8) is 0 Å². The molecule has 2 bridgehead atoms. The summed E-state index contributed by atoms with van der Waals surface area (Å²) in [7, 11) is 0. The van der Waals surface area contributed by atoms with E-state index in [-0.39, 0.29) is 25.2 Å². The number of hydrogen-bond acceptors (Lipinski definition) is 18. The number of fused-ring (bicyclic) bond motifs is 2. The summed E-state index contributed by atoms with van der Waals surface area (Å²) in [5, 5.41) is 108. The van der Waals surface area contributed by atoms with Gasteiger partial charge in [-0.05, 0) is 46.5 Å². The number of Topliss-reactive ketones (excluding diaryl/α,β-unsaturated/α-hetero) is 1. The van der Waals surface area contributed by atoms with Crippen molar-refractivity contribution in [2.45, 2.75) is 190 Å². The number of amides is 1. The number of aliphatic hydroxyl groups excluding tert-OH is 8. The number of aliphatic hydroxyl groups is 9. The average Bonchev–Trinajstić information content (AvgIpc) is 3.24. The molecular formula is C48H76N2O17. The number of ketones is 1. The van der Waals surface area contributed by atoms with Crippen molar-refractivity contribution in [1.29, 1.82) is 0 Å². The number of rotatable bonds is 3. The molecule has 0 saturated carbocycles. The van der Waals surface area contributed by atoms with Crippen LogP contribution in [0.1, 0.15) is 98.8 Å². The third-order valence-electron chi connectivity index (χ3n) is 12.6. The standard InChI is InChI=1S/C48H76N2O17/c1-28-18-16-14-12-10-8-6-7-9-11-13-15-17-19-34(65-46-44(60)41(49)43(59)30(3)64-46)25-38-40(45(61)50-63)37(56)27-48(62,66-38)26-36(55)35(54)21-20-31(51)22-32(52)23-33(53)24-39(57)67-47(4,5)29(2)42(28)58/h6-11,13,15-19,28-31,33-38,40-44,46,51,53-56,58-60,62-63H,12,14,20-27,49H2,1-5H3,(H,50,61)/b7-6+,10-8+,11-9+,15-13+,18-16+,19-17+/t28-,29+,30+,31+,33+,34-,35+,36+,37-,38-,40+,41-,42+,43+,44-,46-,48+/m0/s1. The summed E-state index contributed by atoms with van der Waals surface area (Å²) >= 11 is 0. The monoisotopic (exact) mass is 953 g/mol. The van der Waals surface area contributed by atoms with E-state index in [0.717, 1.165) is 6.42 Å². The second-order valence-corrected chi connectivity index (χ2v) is 18.6. The predicted octanol–water partition coefficient (Wildman–Crippen LogP) is 0.955. The molecule has 67 heavy (non-hydrogen) atoms. The fraction of sp³-hybridized carbons (Fsp3) is 0.688. The van der Waals surface area contributed by atoms with Crippen LogP contribution in [0.25, 0.3) is 0 Å². The molecular weight excluding hydrogens is 877 g/mol. The van der Waals surface area contributed by atoms with Crippen LogP contribution in [0.5, 0.6) is 0 Å². The predicted molar refractivity (Wildman–Crippen MR) is 243 cm³/mol. The van der Waals surface area contributed by atoms with E-state index in [1.165, 1.54) is 18.5 Å². The van der Waals surface area contributed by atoms with Gasteiger partial charge in [-0.3, -0.25) is 19.6 Å². The zero-order valence-corrected chi connectivity index (χ0v) is 39.1. The molecule has 3 aliphatic heterocycles. The highest BCUT2D eigenvalue weighted by Gasteiger charge is 2.51. The Morgan fingerprint density at radius 1 is 0.746 bits per heavy atom. The van der Waals surface area contributed by atoms with E-state index in [2.05, 4.69) is 0 Å². The first-order chi connectivity index (χ1) is 31.5. The molecule has 3 rings (SSSR count). The van der Waals surface area contributed by atoms with Gasteiger partial charge in [0.05, 0.1) is 79.4 Å². The van der Waals surface area contributed by atoms with Gasteiger partial charge >= 0.3 is 5.97 Å². The molecule has 0 aliphatic carbocycles. The number of carbonyl (C=O) groups is 3. The molecule has 1 amide bonds. The molecule has 3 heterocycles. The van der Waals surface area contributed by atoms with Crippen LogP contribution in [0, 0.1) is 17.8 Å². The van der Waals surface area contributed by atoms with E-state index >= 15 is 0 Å². The zero-order chi connectivity index (χ0) is 50.1. The van der Waals surface area contributed by atoms with Gasteiger partial charge in [0.25, 0.3) is 5.91 Å². The van der Waals surface area contributed by atoms with Crippen LogP contribution < -0.4 is 11.2 Å². The summed E-state index contributed by atoms with van der Waals surface area (Å²) in [6.45, 7) is 8.45. The fourth-order valence-electron chi connectivity index (χ4n) is 8.26. The highest BCUT2D eigenvalue weighted by molar-refractivity contribution is 5.80. The van der Waals surface area contributed by atoms with Crippen molar-refractivity contribution in [3.05, 3.63) is 72.9 Å². The second kappa shape index (κ2) is 27.6. The van der Waals surface area contributed by atoms with E-state index in [1.54, 1.807) is 51.2 Å². The highest BCUT2D eigenvalue weighted by atomic mass is 16.7. The topological polar surface area (TPSA) is 328 Å². The zero-order valence-electron chi connectivity index (χ0n) is 39.1. The van der Waals surface area contributed by atoms with Crippen LogP contribution in [-0.2, 0) is 33.3 Å². The normalized spacial score (nSPS) is 42.8. The number of nitrogens with two attached hydrogens (primary N) is 1. The Bertz CT molecular complexity index is 1730. The Kier molecular flexibility index (Phi) is 23.8. The highest BCUT2D eigenvalue weighted by Crippen LogP contribution is 2.38. The van der Waals surface area contributed by atoms with E-state index in [4.69, 9.17) is 24.7 Å². The van der Waals surface area contributed by atoms with Crippen molar-refractivity contribution in [3.8, 4) is 0 Å². The summed E-state index contributed by atoms with van der Waals surface area (Å²) in [6, 6.07) is -1.15. The molecule has 17 atom stereocenters. The molecule has 380 valence electrons. The molecule has 2 saturated heterocycles. The Balaban J connectivity index is 1.87. The van der Waals surface area contributed by atoms with Crippen LogP contribution in [0.15, 0.2) is 72.9 Å². The molecule has 19 heteroatoms. The molecule has 19 nitrogen and oxygen atoms in total. The van der Waals surface area contributed by atoms with Gasteiger partial charge < -0.3 is 70.6 Å². The Hall–Kier alpha value is -3.51. The van der Waals surface area contributed by atoms with Crippen LogP contribution in [0.2, 0.25) is 0 Å². The quantitative estimate of drug-likeness (QED) is 0.0811. The molecule has 0 aromatic carbocycles. The molecule has 3 aliphatic rings.